The Morgan fingerprint density at radius 1 is 1.06 bits per heavy atom. The van der Waals surface area contributed by atoms with Crippen LogP contribution < -0.4 is 0 Å². The minimum atomic E-state index is -4.32. The number of aromatic nitrogens is 2. The fourth-order valence-electron chi connectivity index (χ4n) is 2.24. The molecule has 2 nitrogen and oxygen atoms in total. The van der Waals surface area contributed by atoms with Crippen LogP contribution in [0.3, 0.4) is 0 Å². The van der Waals surface area contributed by atoms with Gasteiger partial charge in [-0.3, -0.25) is 4.98 Å². The van der Waals surface area contributed by atoms with Crippen LogP contribution in [-0.2, 0) is 13.2 Å². The smallest absolute Gasteiger partial charge is 0.344 e. The molecule has 0 bridgehead atoms. The highest BCUT2D eigenvalue weighted by molar-refractivity contribution is 6.07. The van der Waals surface area contributed by atoms with Crippen LogP contribution in [0, 0.1) is 0 Å². The van der Waals surface area contributed by atoms with Crippen LogP contribution in [0.4, 0.5) is 13.2 Å². The van der Waals surface area contributed by atoms with Gasteiger partial charge in [-0.05, 0) is 24.3 Å². The summed E-state index contributed by atoms with van der Waals surface area (Å²) in [6.45, 7) is 0. The third kappa shape index (κ3) is 1.47. The first-order chi connectivity index (χ1) is 8.48. The number of halogens is 3. The summed E-state index contributed by atoms with van der Waals surface area (Å²) < 4.78 is 40.0. The van der Waals surface area contributed by atoms with Crippen molar-refractivity contribution in [3.63, 3.8) is 0 Å². The topological polar surface area (TPSA) is 17.8 Å². The Labute approximate surface area is 101 Å². The van der Waals surface area contributed by atoms with Crippen molar-refractivity contribution in [1.82, 2.24) is 9.55 Å². The van der Waals surface area contributed by atoms with Crippen LogP contribution in [0.1, 0.15) is 5.56 Å². The minimum Gasteiger partial charge on any atom is -0.344 e. The number of nitrogens with zero attached hydrogens (tertiary/aromatic N) is 2. The standard InChI is InChI=1S/C13H9F3N2/c1-18-11-3-2-8(13(14,15)16)6-9(11)10-7-17-5-4-12(10)18/h2-7H,1H3. The molecule has 1 aromatic carbocycles. The molecule has 0 radical (unpaired) electrons. The van der Waals surface area contributed by atoms with Crippen LogP contribution in [0.5, 0.6) is 0 Å². The van der Waals surface area contributed by atoms with E-state index in [2.05, 4.69) is 4.98 Å². The van der Waals surface area contributed by atoms with Gasteiger partial charge in [0.05, 0.1) is 11.1 Å². The Kier molecular flexibility index (Phi) is 2.14. The van der Waals surface area contributed by atoms with E-state index in [4.69, 9.17) is 0 Å². The Balaban J connectivity index is 2.44. The summed E-state index contributed by atoms with van der Waals surface area (Å²) in [5.74, 6) is 0. The molecule has 2 aromatic heterocycles. The average Bonchev–Trinajstić information content (AvgIpc) is 2.63. The van der Waals surface area contributed by atoms with Crippen molar-refractivity contribution in [2.24, 2.45) is 7.05 Å². The number of benzene rings is 1. The number of alkyl halides is 3. The molecular formula is C13H9F3N2. The molecule has 0 N–H and O–H groups in total. The van der Waals surface area contributed by atoms with Gasteiger partial charge in [-0.1, -0.05) is 0 Å². The summed E-state index contributed by atoms with van der Waals surface area (Å²) >= 11 is 0. The molecule has 0 saturated carbocycles. The summed E-state index contributed by atoms with van der Waals surface area (Å²) in [7, 11) is 1.83. The third-order valence-corrected chi connectivity index (χ3v) is 3.13. The van der Waals surface area contributed by atoms with Gasteiger partial charge in [0.25, 0.3) is 0 Å². The van der Waals surface area contributed by atoms with Crippen LogP contribution >= 0.6 is 0 Å². The van der Waals surface area contributed by atoms with E-state index in [1.807, 2.05) is 11.6 Å². The van der Waals surface area contributed by atoms with Gasteiger partial charge in [-0.15, -0.1) is 0 Å². The molecule has 3 aromatic rings. The first kappa shape index (κ1) is 11.1. The van der Waals surface area contributed by atoms with Gasteiger partial charge in [0, 0.05) is 35.7 Å². The van der Waals surface area contributed by atoms with E-state index in [0.717, 1.165) is 22.5 Å². The van der Waals surface area contributed by atoms with Crippen molar-refractivity contribution in [1.29, 1.82) is 0 Å². The van der Waals surface area contributed by atoms with Crippen LogP contribution in [-0.4, -0.2) is 9.55 Å². The minimum absolute atomic E-state index is 0.579. The summed E-state index contributed by atoms with van der Waals surface area (Å²) in [5.41, 5.74) is 1.01. The summed E-state index contributed by atoms with van der Waals surface area (Å²) in [6.07, 6.45) is -1.09. The predicted octanol–water partition coefficient (Wildman–Crippen LogP) is 3.75. The van der Waals surface area contributed by atoms with Gasteiger partial charge >= 0.3 is 6.18 Å². The summed E-state index contributed by atoms with van der Waals surface area (Å²) in [6, 6.07) is 5.58. The molecule has 0 saturated heterocycles. The molecule has 3 rings (SSSR count). The molecule has 0 fully saturated rings. The second-order valence-corrected chi connectivity index (χ2v) is 4.18. The van der Waals surface area contributed by atoms with E-state index in [1.54, 1.807) is 18.5 Å². The highest BCUT2D eigenvalue weighted by atomic mass is 19.4. The molecule has 0 aliphatic rings. The van der Waals surface area contributed by atoms with Crippen LogP contribution in [0.15, 0.2) is 36.7 Å². The molecule has 0 amide bonds. The highest BCUT2D eigenvalue weighted by Gasteiger charge is 2.30. The van der Waals surface area contributed by atoms with E-state index < -0.39 is 11.7 Å². The van der Waals surface area contributed by atoms with Gasteiger partial charge in [0.2, 0.25) is 0 Å². The first-order valence-electron chi connectivity index (χ1n) is 5.38. The Hall–Kier alpha value is -2.04. The zero-order chi connectivity index (χ0) is 12.9. The molecule has 5 heteroatoms. The van der Waals surface area contributed by atoms with Crippen molar-refractivity contribution >= 4 is 21.8 Å². The molecule has 0 spiro atoms. The van der Waals surface area contributed by atoms with Gasteiger partial charge < -0.3 is 4.57 Å². The zero-order valence-corrected chi connectivity index (χ0v) is 9.49. The molecule has 0 aliphatic heterocycles. The maximum atomic E-state index is 12.7. The fraction of sp³-hybridized carbons (Fsp3) is 0.154. The quantitative estimate of drug-likeness (QED) is 0.594. The number of hydrogen-bond donors (Lipinski definition) is 0. The largest absolute Gasteiger partial charge is 0.416 e. The molecule has 18 heavy (non-hydrogen) atoms. The van der Waals surface area contributed by atoms with Gasteiger partial charge in [0.1, 0.15) is 0 Å². The average molecular weight is 250 g/mol. The number of rotatable bonds is 0. The Morgan fingerprint density at radius 2 is 1.78 bits per heavy atom. The van der Waals surface area contributed by atoms with E-state index in [1.165, 1.54) is 12.1 Å². The zero-order valence-electron chi connectivity index (χ0n) is 9.49. The Morgan fingerprint density at radius 3 is 2.50 bits per heavy atom. The SMILES string of the molecule is Cn1c2ccncc2c2cc(C(F)(F)F)ccc21. The van der Waals surface area contributed by atoms with Crippen molar-refractivity contribution < 1.29 is 13.2 Å². The second-order valence-electron chi connectivity index (χ2n) is 4.18. The maximum absolute atomic E-state index is 12.7. The predicted molar refractivity (Wildman–Crippen MR) is 63.2 cm³/mol. The summed E-state index contributed by atoms with van der Waals surface area (Å²) in [5, 5.41) is 1.32. The second kappa shape index (κ2) is 3.48. The molecule has 0 unspecified atom stereocenters. The Bertz CT molecular complexity index is 741. The number of aryl methyl sites for hydroxylation is 1. The van der Waals surface area contributed by atoms with Crippen molar-refractivity contribution in [3.8, 4) is 0 Å². The number of hydrogen-bond acceptors (Lipinski definition) is 1. The molecule has 92 valence electrons. The van der Waals surface area contributed by atoms with E-state index in [0.29, 0.717) is 5.39 Å². The van der Waals surface area contributed by atoms with Gasteiger partial charge in [-0.2, -0.15) is 13.2 Å². The lowest BCUT2D eigenvalue weighted by Gasteiger charge is -2.06. The van der Waals surface area contributed by atoms with Gasteiger partial charge in [0.15, 0.2) is 0 Å². The fourth-order valence-corrected chi connectivity index (χ4v) is 2.24. The van der Waals surface area contributed by atoms with E-state index >= 15 is 0 Å². The van der Waals surface area contributed by atoms with Crippen LogP contribution in [0.25, 0.3) is 21.8 Å². The van der Waals surface area contributed by atoms with E-state index in [-0.39, 0.29) is 0 Å². The lowest BCUT2D eigenvalue weighted by molar-refractivity contribution is -0.137. The lowest BCUT2D eigenvalue weighted by Crippen LogP contribution is -2.04. The highest BCUT2D eigenvalue weighted by Crippen LogP contribution is 2.34. The van der Waals surface area contributed by atoms with Crippen molar-refractivity contribution in [3.05, 3.63) is 42.2 Å². The van der Waals surface area contributed by atoms with Crippen molar-refractivity contribution in [2.75, 3.05) is 0 Å². The van der Waals surface area contributed by atoms with Crippen molar-refractivity contribution in [2.45, 2.75) is 6.18 Å². The summed E-state index contributed by atoms with van der Waals surface area (Å²) in [4.78, 5) is 3.97. The third-order valence-electron chi connectivity index (χ3n) is 3.13. The van der Waals surface area contributed by atoms with E-state index in [9.17, 15) is 13.2 Å². The maximum Gasteiger partial charge on any atom is 0.416 e. The number of pyridine rings is 1. The van der Waals surface area contributed by atoms with Gasteiger partial charge in [-0.25, -0.2) is 0 Å². The monoisotopic (exact) mass is 250 g/mol. The molecule has 0 aliphatic carbocycles. The normalized spacial score (nSPS) is 12.4. The lowest BCUT2D eigenvalue weighted by atomic mass is 10.1. The molecular weight excluding hydrogens is 241 g/mol. The number of fused-ring (bicyclic) bond motifs is 3. The first-order valence-corrected chi connectivity index (χ1v) is 5.38. The molecule has 0 atom stereocenters. The van der Waals surface area contributed by atoms with Crippen LogP contribution in [0.2, 0.25) is 0 Å². The molecule has 2 heterocycles.